The summed E-state index contributed by atoms with van der Waals surface area (Å²) in [6.07, 6.45) is 1.76. The standard InChI is InChI=1S/C16H21N5S/c1-11(2)18-16(22)19-17-10-15-12(3)20-21(13(15)4)14-8-6-5-7-9-14/h5-11H,1-4H3,(H2,18,19,22). The second-order valence-corrected chi connectivity index (χ2v) is 5.74. The first kappa shape index (κ1) is 16.2. The molecule has 5 nitrogen and oxygen atoms in total. The van der Waals surface area contributed by atoms with E-state index in [1.165, 1.54) is 0 Å². The lowest BCUT2D eigenvalue weighted by atomic mass is 10.2. The molecular formula is C16H21N5S. The maximum atomic E-state index is 5.14. The number of hydrogen-bond donors (Lipinski definition) is 2. The number of nitrogens with zero attached hydrogens (tertiary/aromatic N) is 3. The van der Waals surface area contributed by atoms with Crippen LogP contribution in [0.15, 0.2) is 35.4 Å². The molecule has 2 aromatic rings. The third-order valence-electron chi connectivity index (χ3n) is 3.13. The zero-order chi connectivity index (χ0) is 16.1. The van der Waals surface area contributed by atoms with E-state index in [1.807, 2.05) is 62.7 Å². The van der Waals surface area contributed by atoms with E-state index in [0.29, 0.717) is 5.11 Å². The van der Waals surface area contributed by atoms with Crippen LogP contribution in [0.3, 0.4) is 0 Å². The average Bonchev–Trinajstić information content (AvgIpc) is 2.75. The molecule has 0 saturated carbocycles. The summed E-state index contributed by atoms with van der Waals surface area (Å²) in [4.78, 5) is 0. The molecule has 1 aromatic carbocycles. The minimum atomic E-state index is 0.277. The third kappa shape index (κ3) is 3.92. The molecule has 0 fully saturated rings. The Kier molecular flexibility index (Phi) is 5.27. The molecule has 116 valence electrons. The predicted octanol–water partition coefficient (Wildman–Crippen LogP) is 2.70. The van der Waals surface area contributed by atoms with Gasteiger partial charge in [-0.2, -0.15) is 10.2 Å². The van der Waals surface area contributed by atoms with Gasteiger partial charge in [-0.3, -0.25) is 5.43 Å². The Morgan fingerprint density at radius 1 is 1.27 bits per heavy atom. The average molecular weight is 315 g/mol. The fourth-order valence-electron chi connectivity index (χ4n) is 2.11. The van der Waals surface area contributed by atoms with Crippen molar-refractivity contribution in [3.63, 3.8) is 0 Å². The quantitative estimate of drug-likeness (QED) is 0.517. The molecule has 0 aliphatic heterocycles. The lowest BCUT2D eigenvalue weighted by Gasteiger charge is -2.09. The van der Waals surface area contributed by atoms with Crippen molar-refractivity contribution in [1.82, 2.24) is 20.5 Å². The highest BCUT2D eigenvalue weighted by Gasteiger charge is 2.10. The molecule has 6 heteroatoms. The van der Waals surface area contributed by atoms with E-state index >= 15 is 0 Å². The first-order valence-electron chi connectivity index (χ1n) is 7.20. The van der Waals surface area contributed by atoms with E-state index in [4.69, 9.17) is 12.2 Å². The zero-order valence-electron chi connectivity index (χ0n) is 13.3. The van der Waals surface area contributed by atoms with E-state index < -0.39 is 0 Å². The van der Waals surface area contributed by atoms with Gasteiger partial charge < -0.3 is 5.32 Å². The molecule has 2 N–H and O–H groups in total. The van der Waals surface area contributed by atoms with Crippen molar-refractivity contribution in [2.75, 3.05) is 0 Å². The number of hydrogen-bond acceptors (Lipinski definition) is 3. The van der Waals surface area contributed by atoms with Gasteiger partial charge in [-0.15, -0.1) is 0 Å². The van der Waals surface area contributed by atoms with Crippen molar-refractivity contribution < 1.29 is 0 Å². The fourth-order valence-corrected chi connectivity index (χ4v) is 2.40. The van der Waals surface area contributed by atoms with Crippen LogP contribution in [0.25, 0.3) is 5.69 Å². The first-order chi connectivity index (χ1) is 10.5. The lowest BCUT2D eigenvalue weighted by molar-refractivity contribution is 0.719. The van der Waals surface area contributed by atoms with Crippen molar-refractivity contribution in [3.8, 4) is 5.69 Å². The molecule has 0 spiro atoms. The molecule has 22 heavy (non-hydrogen) atoms. The lowest BCUT2D eigenvalue weighted by Crippen LogP contribution is -2.36. The summed E-state index contributed by atoms with van der Waals surface area (Å²) in [7, 11) is 0. The molecule has 2 rings (SSSR count). The topological polar surface area (TPSA) is 54.2 Å². The Labute approximate surface area is 136 Å². The van der Waals surface area contributed by atoms with Crippen LogP contribution in [0.4, 0.5) is 0 Å². The molecule has 0 radical (unpaired) electrons. The molecule has 0 unspecified atom stereocenters. The van der Waals surface area contributed by atoms with Crippen LogP contribution in [0.1, 0.15) is 30.8 Å². The van der Waals surface area contributed by atoms with Crippen LogP contribution in [0.2, 0.25) is 0 Å². The van der Waals surface area contributed by atoms with Gasteiger partial charge in [0.15, 0.2) is 5.11 Å². The summed E-state index contributed by atoms with van der Waals surface area (Å²) in [5.41, 5.74) is 6.81. The highest BCUT2D eigenvalue weighted by atomic mass is 32.1. The highest BCUT2D eigenvalue weighted by molar-refractivity contribution is 7.80. The fraction of sp³-hybridized carbons (Fsp3) is 0.312. The van der Waals surface area contributed by atoms with Gasteiger partial charge in [0.2, 0.25) is 0 Å². The zero-order valence-corrected chi connectivity index (χ0v) is 14.1. The molecule has 0 saturated heterocycles. The first-order valence-corrected chi connectivity index (χ1v) is 7.61. The SMILES string of the molecule is Cc1nn(-c2ccccc2)c(C)c1C=NNC(=S)NC(C)C. The molecule has 0 bridgehead atoms. The van der Waals surface area contributed by atoms with Gasteiger partial charge in [0.05, 0.1) is 23.3 Å². The van der Waals surface area contributed by atoms with Crippen molar-refractivity contribution in [2.45, 2.75) is 33.7 Å². The van der Waals surface area contributed by atoms with E-state index in [1.54, 1.807) is 6.21 Å². The smallest absolute Gasteiger partial charge is 0.187 e. The Morgan fingerprint density at radius 2 is 1.95 bits per heavy atom. The second-order valence-electron chi connectivity index (χ2n) is 5.33. The second kappa shape index (κ2) is 7.17. The summed E-state index contributed by atoms with van der Waals surface area (Å²) in [5, 5.41) is 12.4. The Morgan fingerprint density at radius 3 is 2.59 bits per heavy atom. The molecule has 0 atom stereocenters. The van der Waals surface area contributed by atoms with Gasteiger partial charge in [0, 0.05) is 11.6 Å². The number of hydrazone groups is 1. The summed E-state index contributed by atoms with van der Waals surface area (Å²) in [6.45, 7) is 8.04. The van der Waals surface area contributed by atoms with E-state index in [9.17, 15) is 0 Å². The monoisotopic (exact) mass is 315 g/mol. The highest BCUT2D eigenvalue weighted by Crippen LogP contribution is 2.15. The number of benzene rings is 1. The number of aromatic nitrogens is 2. The van der Waals surface area contributed by atoms with Gasteiger partial charge in [-0.1, -0.05) is 18.2 Å². The Bertz CT molecular complexity index is 673. The summed E-state index contributed by atoms with van der Waals surface area (Å²) in [5.74, 6) is 0. The number of para-hydroxylation sites is 1. The predicted molar refractivity (Wildman–Crippen MR) is 94.6 cm³/mol. The van der Waals surface area contributed by atoms with Gasteiger partial charge in [-0.25, -0.2) is 4.68 Å². The summed E-state index contributed by atoms with van der Waals surface area (Å²) in [6, 6.07) is 10.3. The van der Waals surface area contributed by atoms with Crippen LogP contribution in [0.5, 0.6) is 0 Å². The van der Waals surface area contributed by atoms with Gasteiger partial charge in [0.1, 0.15) is 0 Å². The van der Waals surface area contributed by atoms with Crippen LogP contribution in [-0.2, 0) is 0 Å². The number of nitrogens with one attached hydrogen (secondary N) is 2. The van der Waals surface area contributed by atoms with Crippen molar-refractivity contribution in [2.24, 2.45) is 5.10 Å². The largest absolute Gasteiger partial charge is 0.359 e. The van der Waals surface area contributed by atoms with E-state index in [0.717, 1.165) is 22.6 Å². The van der Waals surface area contributed by atoms with Gasteiger partial charge in [0.25, 0.3) is 0 Å². The molecule has 0 aliphatic carbocycles. The molecule has 0 amide bonds. The van der Waals surface area contributed by atoms with Crippen LogP contribution >= 0.6 is 12.2 Å². The molecule has 1 aromatic heterocycles. The van der Waals surface area contributed by atoms with Crippen LogP contribution in [-0.4, -0.2) is 27.1 Å². The number of rotatable bonds is 4. The van der Waals surface area contributed by atoms with Crippen molar-refractivity contribution >= 4 is 23.5 Å². The van der Waals surface area contributed by atoms with Gasteiger partial charge >= 0.3 is 0 Å². The minimum absolute atomic E-state index is 0.277. The van der Waals surface area contributed by atoms with Crippen LogP contribution in [0, 0.1) is 13.8 Å². The molecule has 0 aliphatic rings. The minimum Gasteiger partial charge on any atom is -0.359 e. The third-order valence-corrected chi connectivity index (χ3v) is 3.34. The number of thiocarbonyl (C=S) groups is 1. The Hall–Kier alpha value is -2.21. The van der Waals surface area contributed by atoms with Gasteiger partial charge in [-0.05, 0) is 52.0 Å². The van der Waals surface area contributed by atoms with E-state index in [-0.39, 0.29) is 6.04 Å². The van der Waals surface area contributed by atoms with Crippen molar-refractivity contribution in [3.05, 3.63) is 47.3 Å². The number of aryl methyl sites for hydroxylation is 1. The van der Waals surface area contributed by atoms with Crippen LogP contribution < -0.4 is 10.7 Å². The molecule has 1 heterocycles. The summed E-state index contributed by atoms with van der Waals surface area (Å²) >= 11 is 5.14. The maximum Gasteiger partial charge on any atom is 0.187 e. The normalized spacial score (nSPS) is 11.1. The van der Waals surface area contributed by atoms with Crippen molar-refractivity contribution in [1.29, 1.82) is 0 Å². The molecular weight excluding hydrogens is 294 g/mol. The summed E-state index contributed by atoms with van der Waals surface area (Å²) < 4.78 is 1.92. The maximum absolute atomic E-state index is 5.14. The Balaban J connectivity index is 2.16. The van der Waals surface area contributed by atoms with E-state index in [2.05, 4.69) is 20.9 Å².